The van der Waals surface area contributed by atoms with Crippen LogP contribution in [0.3, 0.4) is 0 Å². The molecule has 0 aliphatic rings. The molecule has 2 rings (SSSR count). The standard InChI is InChI=1S/C16H12Cl3NO4/c1-7-12(16(23)24-2)13(9-4-3-8(18)5-10(9)19)14(15(21)22)11(6-17)20-7/h3-5H,6H2,1-2H3,(H,21,22). The second-order valence-electron chi connectivity index (χ2n) is 4.82. The summed E-state index contributed by atoms with van der Waals surface area (Å²) < 4.78 is 4.78. The van der Waals surface area contributed by atoms with E-state index in [9.17, 15) is 14.7 Å². The van der Waals surface area contributed by atoms with E-state index >= 15 is 0 Å². The molecule has 0 unspecified atom stereocenters. The first-order chi connectivity index (χ1) is 11.3. The van der Waals surface area contributed by atoms with E-state index in [1.807, 2.05) is 0 Å². The van der Waals surface area contributed by atoms with E-state index in [0.29, 0.717) is 16.3 Å². The molecule has 1 heterocycles. The highest BCUT2D eigenvalue weighted by molar-refractivity contribution is 6.36. The first-order valence-electron chi connectivity index (χ1n) is 6.68. The number of aromatic carboxylic acids is 1. The van der Waals surface area contributed by atoms with Crippen molar-refractivity contribution in [1.29, 1.82) is 0 Å². The van der Waals surface area contributed by atoms with Crippen LogP contribution in [-0.4, -0.2) is 29.1 Å². The van der Waals surface area contributed by atoms with E-state index in [0.717, 1.165) is 0 Å². The molecule has 0 bridgehead atoms. The first kappa shape index (κ1) is 18.5. The van der Waals surface area contributed by atoms with Crippen molar-refractivity contribution in [3.8, 4) is 11.1 Å². The molecule has 5 nitrogen and oxygen atoms in total. The summed E-state index contributed by atoms with van der Waals surface area (Å²) in [5.74, 6) is -2.13. The Kier molecular flexibility index (Phi) is 5.70. The number of carboxylic acid groups (broad SMARTS) is 1. The van der Waals surface area contributed by atoms with Crippen molar-refractivity contribution in [2.45, 2.75) is 12.8 Å². The Morgan fingerprint density at radius 3 is 2.42 bits per heavy atom. The number of carboxylic acids is 1. The maximum atomic E-state index is 12.2. The molecule has 0 radical (unpaired) electrons. The van der Waals surface area contributed by atoms with Crippen LogP contribution in [0.2, 0.25) is 10.0 Å². The smallest absolute Gasteiger partial charge is 0.340 e. The molecule has 0 atom stereocenters. The number of methoxy groups -OCH3 is 1. The minimum Gasteiger partial charge on any atom is -0.478 e. The van der Waals surface area contributed by atoms with Gasteiger partial charge in [-0.25, -0.2) is 9.59 Å². The Morgan fingerprint density at radius 2 is 1.92 bits per heavy atom. The third kappa shape index (κ3) is 3.34. The summed E-state index contributed by atoms with van der Waals surface area (Å²) >= 11 is 18.0. The minimum absolute atomic E-state index is 0.0213. The highest BCUT2D eigenvalue weighted by atomic mass is 35.5. The van der Waals surface area contributed by atoms with E-state index in [1.54, 1.807) is 13.0 Å². The average Bonchev–Trinajstić information content (AvgIpc) is 2.52. The number of pyridine rings is 1. The maximum Gasteiger partial charge on any atom is 0.340 e. The third-order valence-corrected chi connectivity index (χ3v) is 4.18. The SMILES string of the molecule is COC(=O)c1c(C)nc(CCl)c(C(=O)O)c1-c1ccc(Cl)cc1Cl. The lowest BCUT2D eigenvalue weighted by Gasteiger charge is -2.17. The second-order valence-corrected chi connectivity index (χ2v) is 5.93. The van der Waals surface area contributed by atoms with Gasteiger partial charge in [0.05, 0.1) is 35.5 Å². The lowest BCUT2D eigenvalue weighted by Crippen LogP contribution is -2.16. The highest BCUT2D eigenvalue weighted by Gasteiger charge is 2.28. The Bertz CT molecular complexity index is 837. The molecule has 0 amide bonds. The van der Waals surface area contributed by atoms with Crippen LogP contribution in [0.5, 0.6) is 0 Å². The number of nitrogens with zero attached hydrogens (tertiary/aromatic N) is 1. The normalized spacial score (nSPS) is 10.5. The summed E-state index contributed by atoms with van der Waals surface area (Å²) in [5, 5.41) is 10.2. The van der Waals surface area contributed by atoms with Crippen LogP contribution in [0.4, 0.5) is 0 Å². The molecule has 0 saturated carbocycles. The maximum absolute atomic E-state index is 12.2. The molecule has 0 spiro atoms. The molecule has 1 N–H and O–H groups in total. The van der Waals surface area contributed by atoms with E-state index in [2.05, 4.69) is 4.98 Å². The summed E-state index contributed by atoms with van der Waals surface area (Å²) in [5.41, 5.74) is 0.696. The lowest BCUT2D eigenvalue weighted by molar-refractivity contribution is 0.0600. The number of carbonyl (C=O) groups excluding carboxylic acids is 1. The first-order valence-corrected chi connectivity index (χ1v) is 7.97. The van der Waals surface area contributed by atoms with Crippen LogP contribution in [0.25, 0.3) is 11.1 Å². The zero-order valence-electron chi connectivity index (χ0n) is 12.7. The molecule has 0 aliphatic carbocycles. The number of rotatable bonds is 4. The monoisotopic (exact) mass is 387 g/mol. The van der Waals surface area contributed by atoms with Crippen molar-refractivity contribution in [1.82, 2.24) is 4.98 Å². The van der Waals surface area contributed by atoms with Crippen molar-refractivity contribution >= 4 is 46.7 Å². The number of esters is 1. The van der Waals surface area contributed by atoms with Gasteiger partial charge in [-0.1, -0.05) is 29.3 Å². The number of hydrogen-bond acceptors (Lipinski definition) is 4. The molecular weight excluding hydrogens is 377 g/mol. The second kappa shape index (κ2) is 7.38. The largest absolute Gasteiger partial charge is 0.478 e. The van der Waals surface area contributed by atoms with Gasteiger partial charge in [0, 0.05) is 21.2 Å². The number of alkyl halides is 1. The Balaban J connectivity index is 3.00. The summed E-state index contributed by atoms with van der Waals surface area (Å²) in [6.07, 6.45) is 0. The quantitative estimate of drug-likeness (QED) is 0.612. The van der Waals surface area contributed by atoms with Crippen LogP contribution >= 0.6 is 34.8 Å². The highest BCUT2D eigenvalue weighted by Crippen LogP contribution is 2.37. The van der Waals surface area contributed by atoms with Crippen molar-refractivity contribution < 1.29 is 19.4 Å². The van der Waals surface area contributed by atoms with Crippen LogP contribution < -0.4 is 0 Å². The number of ether oxygens (including phenoxy) is 1. The van der Waals surface area contributed by atoms with E-state index in [-0.39, 0.29) is 33.3 Å². The van der Waals surface area contributed by atoms with Gasteiger partial charge in [-0.15, -0.1) is 11.6 Å². The predicted molar refractivity (Wildman–Crippen MR) is 92.3 cm³/mol. The molecule has 0 aliphatic heterocycles. The van der Waals surface area contributed by atoms with Crippen LogP contribution in [0.1, 0.15) is 32.1 Å². The van der Waals surface area contributed by atoms with Crippen molar-refractivity contribution in [2.75, 3.05) is 7.11 Å². The fourth-order valence-corrected chi connectivity index (χ4v) is 3.10. The lowest BCUT2D eigenvalue weighted by atomic mass is 9.92. The van der Waals surface area contributed by atoms with E-state index in [1.165, 1.54) is 19.2 Å². The summed E-state index contributed by atoms with van der Waals surface area (Å²) in [7, 11) is 1.20. The van der Waals surface area contributed by atoms with Gasteiger partial charge in [0.15, 0.2) is 0 Å². The number of halogens is 3. The molecule has 0 saturated heterocycles. The number of aryl methyl sites for hydroxylation is 1. The number of benzene rings is 1. The molecule has 126 valence electrons. The van der Waals surface area contributed by atoms with Gasteiger partial charge < -0.3 is 9.84 Å². The predicted octanol–water partition coefficient (Wildman–Crippen LogP) is 4.59. The topological polar surface area (TPSA) is 76.5 Å². The zero-order valence-corrected chi connectivity index (χ0v) is 15.0. The Labute approximate surface area is 153 Å². The molecule has 1 aromatic carbocycles. The van der Waals surface area contributed by atoms with Gasteiger partial charge in [-0.2, -0.15) is 0 Å². The van der Waals surface area contributed by atoms with Gasteiger partial charge in [-0.3, -0.25) is 4.98 Å². The number of carbonyl (C=O) groups is 2. The summed E-state index contributed by atoms with van der Waals surface area (Å²) in [6.45, 7) is 1.57. The van der Waals surface area contributed by atoms with Crippen molar-refractivity contribution in [2.24, 2.45) is 0 Å². The molecule has 2 aromatic rings. The molecule has 8 heteroatoms. The summed E-state index contributed by atoms with van der Waals surface area (Å²) in [4.78, 5) is 28.2. The van der Waals surface area contributed by atoms with Gasteiger partial charge >= 0.3 is 11.9 Å². The van der Waals surface area contributed by atoms with Gasteiger partial charge in [0.2, 0.25) is 0 Å². The van der Waals surface area contributed by atoms with Crippen LogP contribution in [0.15, 0.2) is 18.2 Å². The number of aromatic nitrogens is 1. The minimum atomic E-state index is -1.27. The van der Waals surface area contributed by atoms with Crippen molar-refractivity contribution in [3.05, 3.63) is 50.8 Å². The Morgan fingerprint density at radius 1 is 1.25 bits per heavy atom. The van der Waals surface area contributed by atoms with Gasteiger partial charge in [-0.05, 0) is 19.1 Å². The fraction of sp³-hybridized carbons (Fsp3) is 0.188. The average molecular weight is 389 g/mol. The van der Waals surface area contributed by atoms with Crippen molar-refractivity contribution in [3.63, 3.8) is 0 Å². The fourth-order valence-electron chi connectivity index (χ4n) is 2.40. The van der Waals surface area contributed by atoms with Crippen LogP contribution in [0, 0.1) is 6.92 Å². The van der Waals surface area contributed by atoms with Crippen LogP contribution in [-0.2, 0) is 10.6 Å². The molecule has 0 fully saturated rings. The zero-order chi connectivity index (χ0) is 18.0. The van der Waals surface area contributed by atoms with Gasteiger partial charge in [0.25, 0.3) is 0 Å². The molecule has 1 aromatic heterocycles. The third-order valence-electron chi connectivity index (χ3n) is 3.38. The Hall–Kier alpha value is -1.82. The van der Waals surface area contributed by atoms with E-state index < -0.39 is 11.9 Å². The molecule has 24 heavy (non-hydrogen) atoms. The number of hydrogen-bond donors (Lipinski definition) is 1. The van der Waals surface area contributed by atoms with Gasteiger partial charge in [0.1, 0.15) is 0 Å². The summed E-state index contributed by atoms with van der Waals surface area (Å²) in [6, 6.07) is 4.54. The van der Waals surface area contributed by atoms with E-state index in [4.69, 9.17) is 39.5 Å². The molecular formula is C16H12Cl3NO4.